The average Bonchev–Trinajstić information content (AvgIpc) is 2.90. The molecule has 1 aromatic heterocycles. The second-order valence-electron chi connectivity index (χ2n) is 4.36. The fraction of sp³-hybridized carbons (Fsp3) is 0.462. The van der Waals surface area contributed by atoms with Crippen LogP contribution in [0.1, 0.15) is 23.8 Å². The van der Waals surface area contributed by atoms with Crippen molar-refractivity contribution in [1.29, 1.82) is 5.26 Å². The number of aromatic nitrogens is 1. The first kappa shape index (κ1) is 14.9. The molecule has 0 saturated carbocycles. The lowest BCUT2D eigenvalue weighted by atomic mass is 10.0. The van der Waals surface area contributed by atoms with Gasteiger partial charge in [0.2, 0.25) is 5.88 Å². The molecule has 0 bridgehead atoms. The number of halogens is 1. The number of rotatable bonds is 4. The summed E-state index contributed by atoms with van der Waals surface area (Å²) in [6.07, 6.45) is 0.628. The van der Waals surface area contributed by atoms with Gasteiger partial charge in [0.1, 0.15) is 5.54 Å². The zero-order valence-corrected chi connectivity index (χ0v) is 12.6. The van der Waals surface area contributed by atoms with Crippen LogP contribution in [0.2, 0.25) is 5.02 Å². The Kier molecular flexibility index (Phi) is 4.73. The monoisotopic (exact) mass is 311 g/mol. The number of hydrogen-bond donors (Lipinski definition) is 1. The number of carbonyl (C=O) groups excluding carboxylic acids is 1. The van der Waals surface area contributed by atoms with Crippen LogP contribution in [0.25, 0.3) is 0 Å². The van der Waals surface area contributed by atoms with Crippen molar-refractivity contribution in [3.63, 3.8) is 0 Å². The Morgan fingerprint density at radius 2 is 2.50 bits per heavy atom. The standard InChI is InChI=1S/C13H14ClN3O2S/c1-2-19-10-4-3-9(14)11(16-10)12(18)17-13(7-15)5-6-20-8-13/h3-4H,2,5-6,8H2,1H3,(H,17,18). The number of nitriles is 1. The van der Waals surface area contributed by atoms with Gasteiger partial charge in [-0.1, -0.05) is 11.6 Å². The third-order valence-corrected chi connectivity index (χ3v) is 4.41. The molecule has 5 nitrogen and oxygen atoms in total. The molecule has 1 aliphatic rings. The molecule has 2 heterocycles. The van der Waals surface area contributed by atoms with Crippen molar-refractivity contribution in [2.45, 2.75) is 18.9 Å². The lowest BCUT2D eigenvalue weighted by Crippen LogP contribution is -2.47. The highest BCUT2D eigenvalue weighted by Gasteiger charge is 2.37. The zero-order valence-electron chi connectivity index (χ0n) is 11.0. The minimum atomic E-state index is -0.825. The number of carbonyl (C=O) groups is 1. The van der Waals surface area contributed by atoms with Crippen LogP contribution in [-0.4, -0.2) is 34.5 Å². The molecule has 0 spiro atoms. The maximum Gasteiger partial charge on any atom is 0.272 e. The topological polar surface area (TPSA) is 75.0 Å². The van der Waals surface area contributed by atoms with E-state index in [4.69, 9.17) is 16.3 Å². The molecular weight excluding hydrogens is 298 g/mol. The molecule has 0 aliphatic carbocycles. The van der Waals surface area contributed by atoms with Gasteiger partial charge in [0, 0.05) is 11.8 Å². The van der Waals surface area contributed by atoms with E-state index in [1.165, 1.54) is 0 Å². The highest BCUT2D eigenvalue weighted by atomic mass is 35.5. The molecule has 1 aliphatic heterocycles. The number of amides is 1. The van der Waals surface area contributed by atoms with Crippen LogP contribution in [0.15, 0.2) is 12.1 Å². The van der Waals surface area contributed by atoms with Crippen molar-refractivity contribution in [2.24, 2.45) is 0 Å². The second-order valence-corrected chi connectivity index (χ2v) is 5.88. The van der Waals surface area contributed by atoms with Gasteiger partial charge in [-0.2, -0.15) is 17.0 Å². The van der Waals surface area contributed by atoms with Gasteiger partial charge in [-0.3, -0.25) is 4.79 Å². The third kappa shape index (κ3) is 3.17. The van der Waals surface area contributed by atoms with Gasteiger partial charge in [-0.05, 0) is 25.2 Å². The van der Waals surface area contributed by atoms with Gasteiger partial charge in [0.15, 0.2) is 5.69 Å². The van der Waals surface area contributed by atoms with Crippen LogP contribution in [-0.2, 0) is 0 Å². The number of ether oxygens (including phenoxy) is 1. The van der Waals surface area contributed by atoms with Crippen molar-refractivity contribution in [3.05, 3.63) is 22.8 Å². The van der Waals surface area contributed by atoms with E-state index in [-0.39, 0.29) is 10.7 Å². The van der Waals surface area contributed by atoms with Gasteiger partial charge >= 0.3 is 0 Å². The summed E-state index contributed by atoms with van der Waals surface area (Å²) in [5.41, 5.74) is -0.738. The third-order valence-electron chi connectivity index (χ3n) is 2.92. The van der Waals surface area contributed by atoms with Gasteiger partial charge in [0.05, 0.1) is 17.7 Å². The number of nitrogens with one attached hydrogen (secondary N) is 1. The van der Waals surface area contributed by atoms with Crippen LogP contribution >= 0.6 is 23.4 Å². The predicted molar refractivity (Wildman–Crippen MR) is 78.2 cm³/mol. The van der Waals surface area contributed by atoms with Crippen LogP contribution in [0.4, 0.5) is 0 Å². The SMILES string of the molecule is CCOc1ccc(Cl)c(C(=O)NC2(C#N)CCSC2)n1. The lowest BCUT2D eigenvalue weighted by Gasteiger charge is -2.21. The van der Waals surface area contributed by atoms with Crippen molar-refractivity contribution in [3.8, 4) is 11.9 Å². The van der Waals surface area contributed by atoms with Crippen molar-refractivity contribution >= 4 is 29.3 Å². The van der Waals surface area contributed by atoms with Gasteiger partial charge < -0.3 is 10.1 Å². The first-order chi connectivity index (χ1) is 9.60. The van der Waals surface area contributed by atoms with Crippen LogP contribution in [0.5, 0.6) is 5.88 Å². The second kappa shape index (κ2) is 6.33. The minimum Gasteiger partial charge on any atom is -0.478 e. The number of nitrogens with zero attached hydrogens (tertiary/aromatic N) is 2. The van der Waals surface area contributed by atoms with E-state index in [9.17, 15) is 10.1 Å². The van der Waals surface area contributed by atoms with Gasteiger partial charge in [-0.15, -0.1) is 0 Å². The van der Waals surface area contributed by atoms with Crippen molar-refractivity contribution in [2.75, 3.05) is 18.1 Å². The quantitative estimate of drug-likeness (QED) is 0.923. The van der Waals surface area contributed by atoms with Gasteiger partial charge in [-0.25, -0.2) is 4.98 Å². The zero-order chi connectivity index (χ0) is 14.6. The van der Waals surface area contributed by atoms with Crippen LogP contribution in [0, 0.1) is 11.3 Å². The minimum absolute atomic E-state index is 0.0872. The molecule has 1 saturated heterocycles. The largest absolute Gasteiger partial charge is 0.478 e. The smallest absolute Gasteiger partial charge is 0.272 e. The maximum atomic E-state index is 12.3. The highest BCUT2D eigenvalue weighted by Crippen LogP contribution is 2.28. The molecule has 0 radical (unpaired) electrons. The average molecular weight is 312 g/mol. The molecule has 1 amide bonds. The normalized spacial score (nSPS) is 21.2. The van der Waals surface area contributed by atoms with E-state index in [0.29, 0.717) is 24.7 Å². The summed E-state index contributed by atoms with van der Waals surface area (Å²) in [7, 11) is 0. The Balaban J connectivity index is 2.20. The fourth-order valence-electron chi connectivity index (χ4n) is 1.87. The highest BCUT2D eigenvalue weighted by molar-refractivity contribution is 7.99. The summed E-state index contributed by atoms with van der Waals surface area (Å²) in [5, 5.41) is 12.2. The van der Waals surface area contributed by atoms with Crippen molar-refractivity contribution in [1.82, 2.24) is 10.3 Å². The summed E-state index contributed by atoms with van der Waals surface area (Å²) in [4.78, 5) is 16.4. The Hall–Kier alpha value is -1.45. The molecule has 106 valence electrons. The number of pyridine rings is 1. The summed E-state index contributed by atoms with van der Waals surface area (Å²) in [6.45, 7) is 2.28. The van der Waals surface area contributed by atoms with E-state index >= 15 is 0 Å². The summed E-state index contributed by atoms with van der Waals surface area (Å²) in [6, 6.07) is 5.35. The lowest BCUT2D eigenvalue weighted by molar-refractivity contribution is 0.0920. The summed E-state index contributed by atoms with van der Waals surface area (Å²) < 4.78 is 5.25. The Morgan fingerprint density at radius 3 is 3.10 bits per heavy atom. The molecule has 1 unspecified atom stereocenters. The molecule has 0 aromatic carbocycles. The van der Waals surface area contributed by atoms with Crippen molar-refractivity contribution < 1.29 is 9.53 Å². The molecular formula is C13H14ClN3O2S. The van der Waals surface area contributed by atoms with E-state index in [0.717, 1.165) is 5.75 Å². The summed E-state index contributed by atoms with van der Waals surface area (Å²) >= 11 is 7.64. The molecule has 1 fully saturated rings. The first-order valence-electron chi connectivity index (χ1n) is 6.21. The molecule has 2 rings (SSSR count). The van der Waals surface area contributed by atoms with E-state index in [2.05, 4.69) is 16.4 Å². The Bertz CT molecular complexity index is 553. The first-order valence-corrected chi connectivity index (χ1v) is 7.74. The van der Waals surface area contributed by atoms with Crippen LogP contribution < -0.4 is 10.1 Å². The molecule has 7 heteroatoms. The Morgan fingerprint density at radius 1 is 1.70 bits per heavy atom. The summed E-state index contributed by atoms with van der Waals surface area (Å²) in [5.74, 6) is 1.33. The molecule has 1 aromatic rings. The van der Waals surface area contributed by atoms with E-state index in [1.54, 1.807) is 23.9 Å². The van der Waals surface area contributed by atoms with Crippen LogP contribution in [0.3, 0.4) is 0 Å². The maximum absolute atomic E-state index is 12.3. The number of hydrogen-bond acceptors (Lipinski definition) is 5. The predicted octanol–water partition coefficient (Wildman–Crippen LogP) is 2.26. The van der Waals surface area contributed by atoms with E-state index in [1.807, 2.05) is 6.92 Å². The van der Waals surface area contributed by atoms with E-state index < -0.39 is 11.4 Å². The van der Waals surface area contributed by atoms with Gasteiger partial charge in [0.25, 0.3) is 5.91 Å². The fourth-order valence-corrected chi connectivity index (χ4v) is 3.33. The Labute approximate surface area is 126 Å². The molecule has 20 heavy (non-hydrogen) atoms. The number of thioether (sulfide) groups is 1. The molecule has 1 atom stereocenters. The molecule has 1 N–H and O–H groups in total.